The molecular formula is C14H18N2O4S. The molecule has 1 N–H and O–H groups in total. The van der Waals surface area contributed by atoms with Crippen LogP contribution in [0.25, 0.3) is 0 Å². The van der Waals surface area contributed by atoms with Gasteiger partial charge in [-0.1, -0.05) is 18.2 Å². The third kappa shape index (κ3) is 4.04. The van der Waals surface area contributed by atoms with Crippen LogP contribution in [0, 0.1) is 0 Å². The SMILES string of the molecule is CS(=O)(=O)C1CCN(C(=O)CNC(=O)c2ccccc2)C1. The summed E-state index contributed by atoms with van der Waals surface area (Å²) in [6.07, 6.45) is 1.64. The molecule has 1 atom stereocenters. The van der Waals surface area contributed by atoms with Crippen LogP contribution < -0.4 is 5.32 Å². The molecule has 0 saturated carbocycles. The van der Waals surface area contributed by atoms with Crippen LogP contribution in [0.15, 0.2) is 30.3 Å². The summed E-state index contributed by atoms with van der Waals surface area (Å²) in [7, 11) is -3.12. The minimum absolute atomic E-state index is 0.121. The number of nitrogens with zero attached hydrogens (tertiary/aromatic N) is 1. The summed E-state index contributed by atoms with van der Waals surface area (Å²) in [6.45, 7) is 0.501. The van der Waals surface area contributed by atoms with Gasteiger partial charge in [-0.15, -0.1) is 0 Å². The first-order valence-electron chi connectivity index (χ1n) is 6.68. The molecule has 1 unspecified atom stereocenters. The van der Waals surface area contributed by atoms with Crippen LogP contribution >= 0.6 is 0 Å². The van der Waals surface area contributed by atoms with Gasteiger partial charge in [-0.25, -0.2) is 8.42 Å². The number of likely N-dealkylation sites (tertiary alicyclic amines) is 1. The third-order valence-corrected chi connectivity index (χ3v) is 5.14. The minimum Gasteiger partial charge on any atom is -0.343 e. The summed E-state index contributed by atoms with van der Waals surface area (Å²) in [5.41, 5.74) is 0.487. The van der Waals surface area contributed by atoms with E-state index >= 15 is 0 Å². The van der Waals surface area contributed by atoms with Gasteiger partial charge < -0.3 is 10.2 Å². The van der Waals surface area contributed by atoms with E-state index < -0.39 is 15.1 Å². The molecular weight excluding hydrogens is 292 g/mol. The predicted molar refractivity (Wildman–Crippen MR) is 78.6 cm³/mol. The second kappa shape index (κ2) is 6.26. The lowest BCUT2D eigenvalue weighted by Gasteiger charge is -2.16. The van der Waals surface area contributed by atoms with Crippen molar-refractivity contribution in [1.29, 1.82) is 0 Å². The molecule has 0 radical (unpaired) electrons. The topological polar surface area (TPSA) is 83.6 Å². The van der Waals surface area contributed by atoms with Crippen molar-refractivity contribution in [3.8, 4) is 0 Å². The summed E-state index contributed by atoms with van der Waals surface area (Å²) >= 11 is 0. The van der Waals surface area contributed by atoms with Crippen LogP contribution in [-0.4, -0.2) is 56.3 Å². The summed E-state index contributed by atoms with van der Waals surface area (Å²) in [5.74, 6) is -0.576. The van der Waals surface area contributed by atoms with E-state index in [-0.39, 0.29) is 24.9 Å². The van der Waals surface area contributed by atoms with Crippen molar-refractivity contribution < 1.29 is 18.0 Å². The van der Waals surface area contributed by atoms with Crippen LogP contribution in [0.2, 0.25) is 0 Å². The average molecular weight is 310 g/mol. The standard InChI is InChI=1S/C14H18N2O4S/c1-21(19,20)12-7-8-16(10-12)13(17)9-15-14(18)11-5-3-2-4-6-11/h2-6,12H,7-10H2,1H3,(H,15,18). The smallest absolute Gasteiger partial charge is 0.251 e. The Morgan fingerprint density at radius 3 is 2.52 bits per heavy atom. The first kappa shape index (κ1) is 15.5. The number of carbonyl (C=O) groups excluding carboxylic acids is 2. The molecule has 0 aliphatic carbocycles. The quantitative estimate of drug-likeness (QED) is 0.852. The van der Waals surface area contributed by atoms with Gasteiger partial charge in [0.05, 0.1) is 11.8 Å². The van der Waals surface area contributed by atoms with Crippen LogP contribution in [0.1, 0.15) is 16.8 Å². The van der Waals surface area contributed by atoms with Gasteiger partial charge in [0.25, 0.3) is 5.91 Å². The predicted octanol–water partition coefficient (Wildman–Crippen LogP) is 0.0619. The van der Waals surface area contributed by atoms with E-state index in [1.165, 1.54) is 11.2 Å². The Bertz CT molecular complexity index is 628. The third-order valence-electron chi connectivity index (χ3n) is 3.54. The Kier molecular flexibility index (Phi) is 4.62. The van der Waals surface area contributed by atoms with Gasteiger partial charge in [0.15, 0.2) is 9.84 Å². The summed E-state index contributed by atoms with van der Waals surface area (Å²) in [5, 5.41) is 2.06. The zero-order valence-corrected chi connectivity index (χ0v) is 12.6. The monoisotopic (exact) mass is 310 g/mol. The highest BCUT2D eigenvalue weighted by molar-refractivity contribution is 7.91. The molecule has 6 nitrogen and oxygen atoms in total. The lowest BCUT2D eigenvalue weighted by molar-refractivity contribution is -0.129. The van der Waals surface area contributed by atoms with Gasteiger partial charge in [-0.3, -0.25) is 9.59 Å². The lowest BCUT2D eigenvalue weighted by Crippen LogP contribution is -2.39. The van der Waals surface area contributed by atoms with Crippen molar-refractivity contribution in [3.63, 3.8) is 0 Å². The van der Waals surface area contributed by atoms with Crippen molar-refractivity contribution in [1.82, 2.24) is 10.2 Å². The van der Waals surface area contributed by atoms with Gasteiger partial charge in [0, 0.05) is 24.9 Å². The Balaban J connectivity index is 1.85. The number of hydrogen-bond donors (Lipinski definition) is 1. The van der Waals surface area contributed by atoms with Gasteiger partial charge >= 0.3 is 0 Å². The number of benzene rings is 1. The van der Waals surface area contributed by atoms with Crippen molar-refractivity contribution in [2.75, 3.05) is 25.9 Å². The molecule has 1 heterocycles. The molecule has 1 saturated heterocycles. The number of rotatable bonds is 4. The molecule has 1 aliphatic heterocycles. The average Bonchev–Trinajstić information content (AvgIpc) is 2.95. The van der Waals surface area contributed by atoms with Gasteiger partial charge in [-0.05, 0) is 18.6 Å². The molecule has 0 spiro atoms. The number of carbonyl (C=O) groups is 2. The van der Waals surface area contributed by atoms with Crippen LogP contribution in [-0.2, 0) is 14.6 Å². The fourth-order valence-electron chi connectivity index (χ4n) is 2.26. The highest BCUT2D eigenvalue weighted by Crippen LogP contribution is 2.15. The maximum Gasteiger partial charge on any atom is 0.251 e. The normalized spacial score (nSPS) is 18.5. The van der Waals surface area contributed by atoms with E-state index in [9.17, 15) is 18.0 Å². The second-order valence-electron chi connectivity index (χ2n) is 5.13. The van der Waals surface area contributed by atoms with Crippen LogP contribution in [0.5, 0.6) is 0 Å². The fourth-order valence-corrected chi connectivity index (χ4v) is 3.25. The Morgan fingerprint density at radius 1 is 1.29 bits per heavy atom. The molecule has 2 amide bonds. The first-order valence-corrected chi connectivity index (χ1v) is 8.63. The maximum atomic E-state index is 12.0. The van der Waals surface area contributed by atoms with E-state index in [1.54, 1.807) is 30.3 Å². The number of amides is 2. The number of sulfone groups is 1. The van der Waals surface area contributed by atoms with Crippen molar-refractivity contribution in [2.24, 2.45) is 0 Å². The lowest BCUT2D eigenvalue weighted by atomic mass is 10.2. The van der Waals surface area contributed by atoms with E-state index in [2.05, 4.69) is 5.32 Å². The molecule has 21 heavy (non-hydrogen) atoms. The van der Waals surface area contributed by atoms with Crippen LogP contribution in [0.4, 0.5) is 0 Å². The Labute approximate surface area is 124 Å². The van der Waals surface area contributed by atoms with E-state index in [4.69, 9.17) is 0 Å². The van der Waals surface area contributed by atoms with Gasteiger partial charge in [0.1, 0.15) is 0 Å². The fraction of sp³-hybridized carbons (Fsp3) is 0.429. The summed E-state index contributed by atoms with van der Waals surface area (Å²) in [6, 6.07) is 8.62. The molecule has 0 bridgehead atoms. The molecule has 1 aromatic rings. The van der Waals surface area contributed by atoms with E-state index in [0.29, 0.717) is 18.5 Å². The largest absolute Gasteiger partial charge is 0.343 e. The summed E-state index contributed by atoms with van der Waals surface area (Å²) < 4.78 is 22.9. The zero-order valence-electron chi connectivity index (χ0n) is 11.8. The number of nitrogens with one attached hydrogen (secondary N) is 1. The van der Waals surface area contributed by atoms with E-state index in [1.807, 2.05) is 0 Å². The molecule has 1 aromatic carbocycles. The Morgan fingerprint density at radius 2 is 1.95 bits per heavy atom. The molecule has 2 rings (SSSR count). The molecule has 1 aliphatic rings. The molecule has 114 valence electrons. The molecule has 0 aromatic heterocycles. The van der Waals surface area contributed by atoms with Crippen LogP contribution in [0.3, 0.4) is 0 Å². The molecule has 7 heteroatoms. The second-order valence-corrected chi connectivity index (χ2v) is 7.45. The van der Waals surface area contributed by atoms with Crippen molar-refractivity contribution >= 4 is 21.7 Å². The highest BCUT2D eigenvalue weighted by Gasteiger charge is 2.32. The van der Waals surface area contributed by atoms with Gasteiger partial charge in [0.2, 0.25) is 5.91 Å². The first-order chi connectivity index (χ1) is 9.88. The number of hydrogen-bond acceptors (Lipinski definition) is 4. The minimum atomic E-state index is -3.12. The zero-order chi connectivity index (χ0) is 15.5. The summed E-state index contributed by atoms with van der Waals surface area (Å²) in [4.78, 5) is 25.3. The maximum absolute atomic E-state index is 12.0. The molecule has 1 fully saturated rings. The van der Waals surface area contributed by atoms with Crippen molar-refractivity contribution in [2.45, 2.75) is 11.7 Å². The van der Waals surface area contributed by atoms with Crippen molar-refractivity contribution in [3.05, 3.63) is 35.9 Å². The Hall–Kier alpha value is -1.89. The van der Waals surface area contributed by atoms with Gasteiger partial charge in [-0.2, -0.15) is 0 Å². The highest BCUT2D eigenvalue weighted by atomic mass is 32.2. The van der Waals surface area contributed by atoms with E-state index in [0.717, 1.165) is 0 Å².